The third-order valence-electron chi connectivity index (χ3n) is 4.62. The van der Waals surface area contributed by atoms with Gasteiger partial charge in [0.25, 0.3) is 10.0 Å². The molecule has 1 aromatic carbocycles. The van der Waals surface area contributed by atoms with E-state index in [1.807, 2.05) is 12.1 Å². The van der Waals surface area contributed by atoms with E-state index in [1.54, 1.807) is 7.05 Å². The zero-order chi connectivity index (χ0) is 18.0. The third-order valence-corrected chi connectivity index (χ3v) is 7.01. The highest BCUT2D eigenvalue weighted by atomic mass is 35.5. The first-order chi connectivity index (χ1) is 11.9. The highest BCUT2D eigenvalue weighted by molar-refractivity contribution is 7.89. The molecule has 0 N–H and O–H groups in total. The first-order valence-corrected chi connectivity index (χ1v) is 10.1. The summed E-state index contributed by atoms with van der Waals surface area (Å²) < 4.78 is 28.7. The van der Waals surface area contributed by atoms with Crippen LogP contribution in [0.2, 0.25) is 5.15 Å². The molecule has 2 heterocycles. The Balaban J connectivity index is 1.71. The summed E-state index contributed by atoms with van der Waals surface area (Å²) in [5.41, 5.74) is 2.54. The first kappa shape index (κ1) is 18.4. The molecule has 3 rings (SSSR count). The lowest BCUT2D eigenvalue weighted by molar-refractivity contribution is 0.278. The van der Waals surface area contributed by atoms with Crippen molar-refractivity contribution in [2.45, 2.75) is 24.9 Å². The molecule has 6 nitrogen and oxygen atoms in total. The number of aryl methyl sites for hydroxylation is 2. The molecule has 1 saturated heterocycles. The van der Waals surface area contributed by atoms with E-state index in [0.717, 1.165) is 19.5 Å². The van der Waals surface area contributed by atoms with Crippen molar-refractivity contribution in [2.24, 2.45) is 7.05 Å². The van der Waals surface area contributed by atoms with Gasteiger partial charge in [-0.1, -0.05) is 35.9 Å². The molecule has 1 aliphatic rings. The van der Waals surface area contributed by atoms with Crippen molar-refractivity contribution in [1.82, 2.24) is 18.8 Å². The van der Waals surface area contributed by atoms with Gasteiger partial charge in [0.2, 0.25) is 5.03 Å². The predicted octanol–water partition coefficient (Wildman–Crippen LogP) is 2.28. The number of aromatic nitrogens is 2. The molecular weight excluding hydrogens is 360 g/mol. The van der Waals surface area contributed by atoms with Crippen molar-refractivity contribution >= 4 is 21.6 Å². The Morgan fingerprint density at radius 3 is 2.60 bits per heavy atom. The van der Waals surface area contributed by atoms with Crippen molar-refractivity contribution < 1.29 is 8.42 Å². The maximum Gasteiger partial charge on any atom is 0.263 e. The number of imidazole rings is 1. The van der Waals surface area contributed by atoms with Crippen LogP contribution >= 0.6 is 11.6 Å². The minimum Gasteiger partial charge on any atom is -0.324 e. The van der Waals surface area contributed by atoms with Crippen molar-refractivity contribution in [2.75, 3.05) is 26.2 Å². The molecule has 0 bridgehead atoms. The Labute approximate surface area is 154 Å². The molecule has 1 aromatic heterocycles. The lowest BCUT2D eigenvalue weighted by atomic mass is 10.1. The maximum atomic E-state index is 12.8. The number of benzene rings is 1. The van der Waals surface area contributed by atoms with Crippen LogP contribution in [0.5, 0.6) is 0 Å². The molecule has 0 aliphatic carbocycles. The molecule has 0 atom stereocenters. The average molecular weight is 383 g/mol. The molecule has 0 radical (unpaired) electrons. The standard InChI is InChI=1S/C17H23ClN4O2S/c1-14-6-3-4-7-15(14)12-21-8-5-9-22(11-10-21)25(23,24)17-16(18)20(2)13-19-17/h3-4,6-7,13H,5,8-12H2,1-2H3. The predicted molar refractivity (Wildman–Crippen MR) is 98.0 cm³/mol. The molecule has 0 unspecified atom stereocenters. The lowest BCUT2D eigenvalue weighted by Crippen LogP contribution is -2.35. The van der Waals surface area contributed by atoms with Crippen molar-refractivity contribution in [3.05, 3.63) is 46.9 Å². The second-order valence-electron chi connectivity index (χ2n) is 6.41. The Morgan fingerprint density at radius 1 is 1.16 bits per heavy atom. The molecule has 0 amide bonds. The molecule has 0 spiro atoms. The van der Waals surface area contributed by atoms with E-state index < -0.39 is 10.0 Å². The molecular formula is C17H23ClN4O2S. The van der Waals surface area contributed by atoms with E-state index in [4.69, 9.17) is 11.6 Å². The molecule has 8 heteroatoms. The normalized spacial score (nSPS) is 17.6. The van der Waals surface area contributed by atoms with Crippen molar-refractivity contribution in [3.63, 3.8) is 0 Å². The number of rotatable bonds is 4. The second kappa shape index (κ2) is 7.45. The highest BCUT2D eigenvalue weighted by Crippen LogP contribution is 2.24. The second-order valence-corrected chi connectivity index (χ2v) is 8.62. The molecule has 2 aromatic rings. The van der Waals surface area contributed by atoms with E-state index in [2.05, 4.69) is 28.9 Å². The van der Waals surface area contributed by atoms with Crippen molar-refractivity contribution in [3.8, 4) is 0 Å². The van der Waals surface area contributed by atoms with Gasteiger partial charge in [-0.3, -0.25) is 4.90 Å². The van der Waals surface area contributed by atoms with E-state index in [-0.39, 0.29) is 10.2 Å². The van der Waals surface area contributed by atoms with Gasteiger partial charge < -0.3 is 4.57 Å². The van der Waals surface area contributed by atoms with E-state index in [0.29, 0.717) is 19.6 Å². The summed E-state index contributed by atoms with van der Waals surface area (Å²) >= 11 is 6.09. The number of hydrogen-bond donors (Lipinski definition) is 0. The van der Waals surface area contributed by atoms with Crippen LogP contribution in [-0.2, 0) is 23.6 Å². The van der Waals surface area contributed by atoms with Crippen LogP contribution in [0.1, 0.15) is 17.5 Å². The minimum atomic E-state index is -3.66. The SMILES string of the molecule is Cc1ccccc1CN1CCCN(S(=O)(=O)c2ncn(C)c2Cl)CC1. The molecule has 0 saturated carbocycles. The fourth-order valence-electron chi connectivity index (χ4n) is 3.06. The molecule has 136 valence electrons. The average Bonchev–Trinajstić information content (AvgIpc) is 2.78. The summed E-state index contributed by atoms with van der Waals surface area (Å²) in [5, 5.41) is 0.102. The molecule has 1 fully saturated rings. The van der Waals surface area contributed by atoms with Crippen LogP contribution in [0.25, 0.3) is 0 Å². The summed E-state index contributed by atoms with van der Waals surface area (Å²) in [6.07, 6.45) is 2.22. The Bertz CT molecular complexity index is 850. The van der Waals surface area contributed by atoms with Gasteiger partial charge in [0.05, 0.1) is 6.33 Å². The summed E-state index contributed by atoms with van der Waals surface area (Å²) in [6, 6.07) is 8.31. The Kier molecular flexibility index (Phi) is 5.48. The molecule has 25 heavy (non-hydrogen) atoms. The summed E-state index contributed by atoms with van der Waals surface area (Å²) in [7, 11) is -1.98. The third kappa shape index (κ3) is 3.89. The number of halogens is 1. The summed E-state index contributed by atoms with van der Waals surface area (Å²) in [6.45, 7) is 5.44. The van der Waals surface area contributed by atoms with E-state index in [1.165, 1.54) is 26.3 Å². The van der Waals surface area contributed by atoms with E-state index in [9.17, 15) is 8.42 Å². The fraction of sp³-hybridized carbons (Fsp3) is 0.471. The zero-order valence-electron chi connectivity index (χ0n) is 14.5. The Morgan fingerprint density at radius 2 is 1.92 bits per heavy atom. The Hall–Kier alpha value is -1.41. The molecule has 1 aliphatic heterocycles. The van der Waals surface area contributed by atoms with Gasteiger partial charge in [-0.2, -0.15) is 4.31 Å². The maximum absolute atomic E-state index is 12.8. The summed E-state index contributed by atoms with van der Waals surface area (Å²) in [4.78, 5) is 6.28. The van der Waals surface area contributed by atoms with Crippen LogP contribution in [-0.4, -0.2) is 53.4 Å². The van der Waals surface area contributed by atoms with Crippen LogP contribution in [0, 0.1) is 6.92 Å². The van der Waals surface area contributed by atoms with Crippen molar-refractivity contribution in [1.29, 1.82) is 0 Å². The quantitative estimate of drug-likeness (QED) is 0.814. The van der Waals surface area contributed by atoms with E-state index >= 15 is 0 Å². The smallest absolute Gasteiger partial charge is 0.263 e. The highest BCUT2D eigenvalue weighted by Gasteiger charge is 2.31. The largest absolute Gasteiger partial charge is 0.324 e. The first-order valence-electron chi connectivity index (χ1n) is 8.33. The van der Waals surface area contributed by atoms with Crippen LogP contribution in [0.3, 0.4) is 0 Å². The van der Waals surface area contributed by atoms with Crippen LogP contribution in [0.15, 0.2) is 35.6 Å². The van der Waals surface area contributed by atoms with Gasteiger partial charge in [-0.05, 0) is 31.0 Å². The zero-order valence-corrected chi connectivity index (χ0v) is 16.1. The van der Waals surface area contributed by atoms with Gasteiger partial charge >= 0.3 is 0 Å². The van der Waals surface area contributed by atoms with Gasteiger partial charge in [0.1, 0.15) is 5.15 Å². The van der Waals surface area contributed by atoms with Gasteiger partial charge in [0, 0.05) is 33.2 Å². The van der Waals surface area contributed by atoms with Gasteiger partial charge in [-0.15, -0.1) is 0 Å². The number of sulfonamides is 1. The fourth-order valence-corrected chi connectivity index (χ4v) is 4.92. The monoisotopic (exact) mass is 382 g/mol. The van der Waals surface area contributed by atoms with Gasteiger partial charge in [0.15, 0.2) is 0 Å². The minimum absolute atomic E-state index is 0.0518. The lowest BCUT2D eigenvalue weighted by Gasteiger charge is -2.22. The number of hydrogen-bond acceptors (Lipinski definition) is 4. The van der Waals surface area contributed by atoms with Crippen LogP contribution in [0.4, 0.5) is 0 Å². The topological polar surface area (TPSA) is 58.4 Å². The summed E-state index contributed by atoms with van der Waals surface area (Å²) in [5.74, 6) is 0. The number of nitrogens with zero attached hydrogens (tertiary/aromatic N) is 4. The van der Waals surface area contributed by atoms with Crippen LogP contribution < -0.4 is 0 Å². The van der Waals surface area contributed by atoms with Gasteiger partial charge in [-0.25, -0.2) is 13.4 Å².